The van der Waals surface area contributed by atoms with Crippen molar-refractivity contribution < 1.29 is 27.5 Å². The van der Waals surface area contributed by atoms with Gasteiger partial charge in [0.05, 0.1) is 12.7 Å². The van der Waals surface area contributed by atoms with E-state index in [1.54, 1.807) is 6.92 Å². The number of rotatable bonds is 9. The number of amides is 1. The van der Waals surface area contributed by atoms with Crippen LogP contribution in [0.1, 0.15) is 34.0 Å². The lowest BCUT2D eigenvalue weighted by Gasteiger charge is -2.34. The van der Waals surface area contributed by atoms with Gasteiger partial charge in [-0.05, 0) is 29.7 Å². The maximum Gasteiger partial charge on any atom is 0.337 e. The molecule has 0 bridgehead atoms. The van der Waals surface area contributed by atoms with Gasteiger partial charge in [-0.25, -0.2) is 13.5 Å². The fourth-order valence-corrected chi connectivity index (χ4v) is 4.42. The molecule has 2 aromatic carbocycles. The first-order valence-electron chi connectivity index (χ1n) is 11.0. The summed E-state index contributed by atoms with van der Waals surface area (Å²) >= 11 is -2.54. The van der Waals surface area contributed by atoms with E-state index in [2.05, 4.69) is 15.7 Å². The van der Waals surface area contributed by atoms with Crippen molar-refractivity contribution in [1.82, 2.24) is 14.1 Å². The van der Waals surface area contributed by atoms with Crippen LogP contribution in [0, 0.1) is 5.82 Å². The van der Waals surface area contributed by atoms with Crippen molar-refractivity contribution in [3.63, 3.8) is 0 Å². The Kier molecular flexibility index (Phi) is 9.28. The van der Waals surface area contributed by atoms with Crippen LogP contribution in [0.15, 0.2) is 42.5 Å². The monoisotopic (exact) mass is 490 g/mol. The summed E-state index contributed by atoms with van der Waals surface area (Å²) in [5.41, 5.74) is 2.35. The number of methoxy groups -OCH3 is 1. The molecule has 1 amide bonds. The summed E-state index contributed by atoms with van der Waals surface area (Å²) in [6.45, 7) is 5.46. The molecule has 10 heteroatoms. The molecule has 1 heterocycles. The van der Waals surface area contributed by atoms with Gasteiger partial charge in [0.15, 0.2) is 0 Å². The average molecular weight is 491 g/mol. The lowest BCUT2D eigenvalue weighted by molar-refractivity contribution is -0.130. The van der Waals surface area contributed by atoms with Crippen LogP contribution in [-0.2, 0) is 40.3 Å². The van der Waals surface area contributed by atoms with Crippen LogP contribution in [0.2, 0.25) is 0 Å². The maximum atomic E-state index is 14.4. The van der Waals surface area contributed by atoms with Crippen molar-refractivity contribution in [1.29, 1.82) is 0 Å². The second kappa shape index (κ2) is 12.2. The molecule has 1 aliphatic rings. The molecule has 1 atom stereocenters. The summed E-state index contributed by atoms with van der Waals surface area (Å²) < 4.78 is 43.7. The summed E-state index contributed by atoms with van der Waals surface area (Å²) in [5.74, 6) is -1.22. The molecule has 1 unspecified atom stereocenters. The first kappa shape index (κ1) is 26.0. The zero-order valence-corrected chi connectivity index (χ0v) is 20.2. The fraction of sp³-hybridized carbons (Fsp3) is 0.417. The predicted octanol–water partition coefficient (Wildman–Crippen LogP) is 2.12. The van der Waals surface area contributed by atoms with Crippen molar-refractivity contribution in [3.8, 4) is 0 Å². The lowest BCUT2D eigenvalue weighted by atomic mass is 10.1. The highest BCUT2D eigenvalue weighted by Crippen LogP contribution is 2.16. The number of esters is 1. The Hall–Kier alpha value is -2.66. The highest BCUT2D eigenvalue weighted by Gasteiger charge is 2.19. The summed E-state index contributed by atoms with van der Waals surface area (Å²) in [7, 11) is 1.21. The summed E-state index contributed by atoms with van der Waals surface area (Å²) in [4.78, 5) is 27.2. The predicted molar refractivity (Wildman–Crippen MR) is 125 cm³/mol. The molecule has 2 aromatic rings. The first-order chi connectivity index (χ1) is 16.3. The van der Waals surface area contributed by atoms with Crippen molar-refractivity contribution in [2.24, 2.45) is 0 Å². The van der Waals surface area contributed by atoms with Crippen molar-refractivity contribution in [2.75, 3.05) is 39.8 Å². The second-order valence-corrected chi connectivity index (χ2v) is 9.18. The standard InChI is InChI=1S/C24H30FN3O5S/c1-18(29)27-12-10-26(11-13-27)16-20-5-3-4-19(14-20)8-9-28(34(31)32)17-22-7-6-21(15-23(22)25)24(30)33-2/h3-7,14-15H,8-13,16-17H2,1-2H3,(H,31,32)/p-1. The van der Waals surface area contributed by atoms with Crippen molar-refractivity contribution in [3.05, 3.63) is 70.5 Å². The van der Waals surface area contributed by atoms with Gasteiger partial charge in [-0.3, -0.25) is 13.9 Å². The quantitative estimate of drug-likeness (QED) is 0.395. The number of halogens is 1. The second-order valence-electron chi connectivity index (χ2n) is 8.23. The fourth-order valence-electron chi connectivity index (χ4n) is 3.93. The van der Waals surface area contributed by atoms with Gasteiger partial charge in [-0.1, -0.05) is 30.3 Å². The summed E-state index contributed by atoms with van der Waals surface area (Å²) in [6.07, 6.45) is 0.474. The zero-order valence-electron chi connectivity index (χ0n) is 19.4. The van der Waals surface area contributed by atoms with Crippen molar-refractivity contribution >= 4 is 23.1 Å². The van der Waals surface area contributed by atoms with Crippen molar-refractivity contribution in [2.45, 2.75) is 26.4 Å². The molecule has 0 aromatic heterocycles. The molecule has 1 fully saturated rings. The Morgan fingerprint density at radius 2 is 1.82 bits per heavy atom. The van der Waals surface area contributed by atoms with E-state index < -0.39 is 23.1 Å². The minimum atomic E-state index is -2.54. The van der Waals surface area contributed by atoms with E-state index >= 15 is 0 Å². The smallest absolute Gasteiger partial charge is 0.337 e. The number of carbonyl (C=O) groups excluding carboxylic acids is 2. The maximum absolute atomic E-state index is 14.4. The van der Waals surface area contributed by atoms with Crippen LogP contribution in [0.3, 0.4) is 0 Å². The van der Waals surface area contributed by atoms with Crippen LogP contribution < -0.4 is 0 Å². The van der Waals surface area contributed by atoms with E-state index in [4.69, 9.17) is 0 Å². The molecule has 0 spiro atoms. The average Bonchev–Trinajstić information content (AvgIpc) is 2.82. The summed E-state index contributed by atoms with van der Waals surface area (Å²) in [5, 5.41) is 0. The molecule has 8 nitrogen and oxygen atoms in total. The van der Waals surface area contributed by atoms with E-state index in [0.29, 0.717) is 6.42 Å². The van der Waals surface area contributed by atoms with Crippen LogP contribution in [0.5, 0.6) is 0 Å². The van der Waals surface area contributed by atoms with Gasteiger partial charge < -0.3 is 14.2 Å². The number of hydrogen-bond donors (Lipinski definition) is 0. The molecular weight excluding hydrogens is 461 g/mol. The number of piperazine rings is 1. The van der Waals surface area contributed by atoms with Gasteiger partial charge in [-0.2, -0.15) is 0 Å². The van der Waals surface area contributed by atoms with E-state index in [0.717, 1.165) is 54.2 Å². The molecule has 1 saturated heterocycles. The van der Waals surface area contributed by atoms with Gasteiger partial charge in [0.1, 0.15) is 5.82 Å². The first-order valence-corrected chi connectivity index (χ1v) is 12.1. The van der Waals surface area contributed by atoms with Crippen LogP contribution in [0.25, 0.3) is 0 Å². The molecular formula is C24H29FN3O5S-. The molecule has 3 rings (SSSR count). The molecule has 184 valence electrons. The molecule has 1 aliphatic heterocycles. The van der Waals surface area contributed by atoms with Gasteiger partial charge in [-0.15, -0.1) is 0 Å². The Morgan fingerprint density at radius 1 is 1.12 bits per heavy atom. The molecule has 0 aliphatic carbocycles. The SMILES string of the molecule is COC(=O)c1ccc(CN(CCc2cccc(CN3CCN(C(C)=O)CC3)c2)S(=O)[O-])c(F)c1. The molecule has 0 N–H and O–H groups in total. The third-order valence-corrected chi connectivity index (χ3v) is 6.63. The zero-order chi connectivity index (χ0) is 24.7. The van der Waals surface area contributed by atoms with Gasteiger partial charge in [0.2, 0.25) is 5.91 Å². The Morgan fingerprint density at radius 3 is 2.44 bits per heavy atom. The van der Waals surface area contributed by atoms with Gasteiger partial charge in [0.25, 0.3) is 0 Å². The van der Waals surface area contributed by atoms with Crippen LogP contribution in [0.4, 0.5) is 4.39 Å². The number of benzene rings is 2. The lowest BCUT2D eigenvalue weighted by Crippen LogP contribution is -2.47. The summed E-state index contributed by atoms with van der Waals surface area (Å²) in [6, 6.07) is 11.8. The highest BCUT2D eigenvalue weighted by molar-refractivity contribution is 7.76. The Labute approximate surface area is 201 Å². The van der Waals surface area contributed by atoms with Crippen LogP contribution in [-0.4, -0.2) is 74.6 Å². The Balaban J connectivity index is 1.58. The molecule has 34 heavy (non-hydrogen) atoms. The van der Waals surface area contributed by atoms with Crippen LogP contribution >= 0.6 is 0 Å². The topological polar surface area (TPSA) is 93.2 Å². The number of ether oxygens (including phenoxy) is 1. The molecule has 0 radical (unpaired) electrons. The van der Waals surface area contributed by atoms with E-state index in [1.807, 2.05) is 23.1 Å². The number of hydrogen-bond acceptors (Lipinski definition) is 6. The highest BCUT2D eigenvalue weighted by atomic mass is 32.2. The molecule has 0 saturated carbocycles. The minimum Gasteiger partial charge on any atom is -0.760 e. The van der Waals surface area contributed by atoms with Gasteiger partial charge >= 0.3 is 5.97 Å². The normalized spacial score (nSPS) is 15.4. The largest absolute Gasteiger partial charge is 0.760 e. The minimum absolute atomic E-state index is 0.0677. The third kappa shape index (κ3) is 7.17. The number of nitrogens with zero attached hydrogens (tertiary/aromatic N) is 3. The third-order valence-electron chi connectivity index (χ3n) is 5.90. The van der Waals surface area contributed by atoms with Gasteiger partial charge in [0, 0.05) is 69.6 Å². The van der Waals surface area contributed by atoms with E-state index in [1.165, 1.54) is 19.2 Å². The number of carbonyl (C=O) groups is 2. The van der Waals surface area contributed by atoms with E-state index in [9.17, 15) is 22.7 Å². The Bertz CT molecular complexity index is 1040. The van der Waals surface area contributed by atoms with E-state index in [-0.39, 0.29) is 30.1 Å².